The highest BCUT2D eigenvalue weighted by atomic mass is 32.2. The van der Waals surface area contributed by atoms with Gasteiger partial charge in [0, 0.05) is 31.1 Å². The number of carbonyl (C=O) groups is 1. The number of nitrogens with zero attached hydrogens (tertiary/aromatic N) is 2. The van der Waals surface area contributed by atoms with Crippen molar-refractivity contribution in [1.29, 1.82) is 0 Å². The number of nitro groups is 1. The Morgan fingerprint density at radius 2 is 1.96 bits per heavy atom. The SMILES string of the molecule is CC(C)[C@@H](C)NC(=O)CCCN(c1cccc([N+](=O)[O-])c1)S(C)(=O)=O. The van der Waals surface area contributed by atoms with Crippen LogP contribution in [-0.2, 0) is 14.8 Å². The molecule has 1 rings (SSSR count). The lowest BCUT2D eigenvalue weighted by atomic mass is 10.1. The molecule has 0 radical (unpaired) electrons. The Morgan fingerprint density at radius 3 is 2.48 bits per heavy atom. The first-order valence-corrected chi connectivity index (χ1v) is 9.88. The quantitative estimate of drug-likeness (QED) is 0.529. The Kier molecular flexibility index (Phi) is 7.35. The van der Waals surface area contributed by atoms with Gasteiger partial charge in [-0.05, 0) is 25.3 Å². The summed E-state index contributed by atoms with van der Waals surface area (Å²) in [6.07, 6.45) is 1.52. The molecule has 8 nitrogen and oxygen atoms in total. The highest BCUT2D eigenvalue weighted by Gasteiger charge is 2.20. The molecule has 0 aliphatic heterocycles. The molecule has 1 N–H and O–H groups in total. The molecule has 0 heterocycles. The molecule has 0 bridgehead atoms. The number of nitrogens with one attached hydrogen (secondary N) is 1. The highest BCUT2D eigenvalue weighted by molar-refractivity contribution is 7.92. The van der Waals surface area contributed by atoms with Crippen LogP contribution in [0.5, 0.6) is 0 Å². The first kappa shape index (κ1) is 20.9. The summed E-state index contributed by atoms with van der Waals surface area (Å²) in [7, 11) is -3.62. The van der Waals surface area contributed by atoms with Crippen molar-refractivity contribution in [2.24, 2.45) is 5.92 Å². The van der Waals surface area contributed by atoms with E-state index < -0.39 is 14.9 Å². The molecule has 9 heteroatoms. The van der Waals surface area contributed by atoms with E-state index in [1.165, 1.54) is 24.3 Å². The van der Waals surface area contributed by atoms with Gasteiger partial charge in [0.05, 0.1) is 16.9 Å². The first-order chi connectivity index (χ1) is 11.5. The number of non-ortho nitro benzene ring substituents is 1. The zero-order valence-corrected chi connectivity index (χ0v) is 15.7. The number of nitro benzene ring substituents is 1. The van der Waals surface area contributed by atoms with E-state index in [4.69, 9.17) is 0 Å². The van der Waals surface area contributed by atoms with Crippen molar-refractivity contribution in [3.63, 3.8) is 0 Å². The van der Waals surface area contributed by atoms with E-state index in [1.54, 1.807) is 0 Å². The van der Waals surface area contributed by atoms with Crippen LogP contribution in [0.4, 0.5) is 11.4 Å². The molecular weight excluding hydrogens is 346 g/mol. The van der Waals surface area contributed by atoms with E-state index in [0.717, 1.165) is 10.6 Å². The third kappa shape index (κ3) is 6.69. The Morgan fingerprint density at radius 1 is 1.32 bits per heavy atom. The lowest BCUT2D eigenvalue weighted by Gasteiger charge is -2.22. The summed E-state index contributed by atoms with van der Waals surface area (Å²) >= 11 is 0. The number of hydrogen-bond donors (Lipinski definition) is 1. The monoisotopic (exact) mass is 371 g/mol. The molecule has 25 heavy (non-hydrogen) atoms. The van der Waals surface area contributed by atoms with Gasteiger partial charge in [0.1, 0.15) is 0 Å². The fraction of sp³-hybridized carbons (Fsp3) is 0.562. The van der Waals surface area contributed by atoms with Gasteiger partial charge in [0.2, 0.25) is 15.9 Å². The molecule has 1 aromatic carbocycles. The molecule has 0 aromatic heterocycles. The number of amides is 1. The smallest absolute Gasteiger partial charge is 0.271 e. The molecule has 1 aromatic rings. The van der Waals surface area contributed by atoms with Crippen LogP contribution in [0, 0.1) is 16.0 Å². The molecule has 0 saturated heterocycles. The van der Waals surface area contributed by atoms with Crippen LogP contribution in [-0.4, -0.2) is 38.1 Å². The fourth-order valence-electron chi connectivity index (χ4n) is 2.12. The van der Waals surface area contributed by atoms with E-state index in [1.807, 2.05) is 20.8 Å². The minimum atomic E-state index is -3.62. The summed E-state index contributed by atoms with van der Waals surface area (Å²) in [6.45, 7) is 5.98. The largest absolute Gasteiger partial charge is 0.353 e. The predicted octanol–water partition coefficient (Wildman–Crippen LogP) is 2.30. The van der Waals surface area contributed by atoms with Gasteiger partial charge in [-0.15, -0.1) is 0 Å². The van der Waals surface area contributed by atoms with Crippen molar-refractivity contribution >= 4 is 27.3 Å². The summed E-state index contributed by atoms with van der Waals surface area (Å²) in [4.78, 5) is 22.2. The van der Waals surface area contributed by atoms with Crippen molar-refractivity contribution < 1.29 is 18.1 Å². The first-order valence-electron chi connectivity index (χ1n) is 8.04. The molecule has 1 amide bonds. The highest BCUT2D eigenvalue weighted by Crippen LogP contribution is 2.23. The van der Waals surface area contributed by atoms with E-state index in [-0.39, 0.29) is 36.3 Å². The minimum absolute atomic E-state index is 0.0373. The average Bonchev–Trinajstić information content (AvgIpc) is 2.50. The van der Waals surface area contributed by atoms with Gasteiger partial charge in [0.15, 0.2) is 0 Å². The van der Waals surface area contributed by atoms with Crippen LogP contribution in [0.25, 0.3) is 0 Å². The maximum Gasteiger partial charge on any atom is 0.271 e. The van der Waals surface area contributed by atoms with E-state index in [0.29, 0.717) is 12.3 Å². The number of sulfonamides is 1. The summed E-state index contributed by atoms with van der Waals surface area (Å²) in [6, 6.07) is 5.47. The van der Waals surface area contributed by atoms with Crippen molar-refractivity contribution in [3.05, 3.63) is 34.4 Å². The molecule has 0 unspecified atom stereocenters. The zero-order chi connectivity index (χ0) is 19.2. The topological polar surface area (TPSA) is 110 Å². The third-order valence-corrected chi connectivity index (χ3v) is 5.08. The second-order valence-electron chi connectivity index (χ2n) is 6.32. The Balaban J connectivity index is 2.78. The lowest BCUT2D eigenvalue weighted by molar-refractivity contribution is -0.384. The second-order valence-corrected chi connectivity index (χ2v) is 8.22. The van der Waals surface area contributed by atoms with Gasteiger partial charge in [-0.25, -0.2) is 8.42 Å². The van der Waals surface area contributed by atoms with E-state index >= 15 is 0 Å². The van der Waals surface area contributed by atoms with Crippen LogP contribution < -0.4 is 9.62 Å². The fourth-order valence-corrected chi connectivity index (χ4v) is 3.08. The molecule has 0 fully saturated rings. The summed E-state index contributed by atoms with van der Waals surface area (Å²) < 4.78 is 25.1. The predicted molar refractivity (Wildman–Crippen MR) is 97.0 cm³/mol. The Bertz CT molecular complexity index is 718. The number of rotatable bonds is 9. The van der Waals surface area contributed by atoms with Crippen molar-refractivity contribution in [1.82, 2.24) is 5.32 Å². The molecule has 0 spiro atoms. The maximum atomic E-state index is 12.0. The normalized spacial score (nSPS) is 12.7. The van der Waals surface area contributed by atoms with E-state index in [2.05, 4.69) is 5.32 Å². The van der Waals surface area contributed by atoms with Crippen LogP contribution in [0.1, 0.15) is 33.6 Å². The summed E-state index contributed by atoms with van der Waals surface area (Å²) in [5, 5.41) is 13.7. The second kappa shape index (κ2) is 8.80. The molecule has 1 atom stereocenters. The van der Waals surface area contributed by atoms with Gasteiger partial charge >= 0.3 is 0 Å². The molecule has 140 valence electrons. The lowest BCUT2D eigenvalue weighted by Crippen LogP contribution is -2.37. The van der Waals surface area contributed by atoms with Crippen LogP contribution in [0.15, 0.2) is 24.3 Å². The molecule has 0 aliphatic rings. The van der Waals surface area contributed by atoms with Gasteiger partial charge in [-0.1, -0.05) is 19.9 Å². The van der Waals surface area contributed by atoms with Crippen molar-refractivity contribution in [2.75, 3.05) is 17.1 Å². The number of hydrogen-bond acceptors (Lipinski definition) is 5. The number of anilines is 1. The van der Waals surface area contributed by atoms with E-state index in [9.17, 15) is 23.3 Å². The minimum Gasteiger partial charge on any atom is -0.353 e. The molecule has 0 saturated carbocycles. The Hall–Kier alpha value is -2.16. The van der Waals surface area contributed by atoms with Crippen molar-refractivity contribution in [2.45, 2.75) is 39.7 Å². The molecule has 0 aliphatic carbocycles. The van der Waals surface area contributed by atoms with Crippen LogP contribution >= 0.6 is 0 Å². The van der Waals surface area contributed by atoms with Gasteiger partial charge in [-0.3, -0.25) is 19.2 Å². The van der Waals surface area contributed by atoms with Gasteiger partial charge in [-0.2, -0.15) is 0 Å². The van der Waals surface area contributed by atoms with Gasteiger partial charge in [0.25, 0.3) is 5.69 Å². The average molecular weight is 371 g/mol. The number of benzene rings is 1. The molecular formula is C16H25N3O5S. The van der Waals surface area contributed by atoms with Crippen LogP contribution in [0.2, 0.25) is 0 Å². The Labute approximate surface area is 148 Å². The third-order valence-electron chi connectivity index (χ3n) is 3.88. The summed E-state index contributed by atoms with van der Waals surface area (Å²) in [5.74, 6) is 0.162. The van der Waals surface area contributed by atoms with Gasteiger partial charge < -0.3 is 5.32 Å². The van der Waals surface area contributed by atoms with Crippen molar-refractivity contribution in [3.8, 4) is 0 Å². The summed E-state index contributed by atoms with van der Waals surface area (Å²) in [5.41, 5.74) is 0.0299. The maximum absolute atomic E-state index is 12.0. The van der Waals surface area contributed by atoms with Crippen LogP contribution in [0.3, 0.4) is 0 Å². The zero-order valence-electron chi connectivity index (χ0n) is 14.9. The number of carbonyl (C=O) groups excluding carboxylic acids is 1. The standard InChI is InChI=1S/C16H25N3O5S/c1-12(2)13(3)17-16(20)9-6-10-18(25(4,23)24)14-7-5-8-15(11-14)19(21)22/h5,7-8,11-13H,6,9-10H2,1-4H3,(H,17,20)/t13-/m1/s1.